The topological polar surface area (TPSA) is 93.5 Å². The van der Waals surface area contributed by atoms with E-state index in [1.165, 1.54) is 11.8 Å². The lowest BCUT2D eigenvalue weighted by Gasteiger charge is -2.16. The summed E-state index contributed by atoms with van der Waals surface area (Å²) in [6, 6.07) is 31.5. The number of nitriles is 1. The summed E-state index contributed by atoms with van der Waals surface area (Å²) in [6.07, 6.45) is 0.249. The molecule has 0 aliphatic carbocycles. The SMILES string of the molecule is COc1cc(-c2cc(-c3ccccc3)nc(SCCC(=O)Nc3ccc4ccccc4c3)c2C#N)cc(OC)c1OC. The molecule has 8 heteroatoms. The van der Waals surface area contributed by atoms with Crippen molar-refractivity contribution in [2.45, 2.75) is 11.4 Å². The van der Waals surface area contributed by atoms with Crippen LogP contribution in [0.1, 0.15) is 12.0 Å². The predicted molar refractivity (Wildman–Crippen MR) is 167 cm³/mol. The molecule has 7 nitrogen and oxygen atoms in total. The van der Waals surface area contributed by atoms with Crippen LogP contribution in [0.5, 0.6) is 17.2 Å². The molecule has 1 N–H and O–H groups in total. The first-order valence-electron chi connectivity index (χ1n) is 13.3. The summed E-state index contributed by atoms with van der Waals surface area (Å²) >= 11 is 1.38. The van der Waals surface area contributed by atoms with Crippen LogP contribution >= 0.6 is 11.8 Å². The number of rotatable bonds is 10. The Hall–Kier alpha value is -5.00. The fraction of sp³-hybridized carbons (Fsp3) is 0.147. The van der Waals surface area contributed by atoms with Gasteiger partial charge in [0, 0.05) is 29.0 Å². The second kappa shape index (κ2) is 13.1. The molecular formula is C34H29N3O4S. The average Bonchev–Trinajstić information content (AvgIpc) is 3.03. The van der Waals surface area contributed by atoms with Crippen LogP contribution in [0.2, 0.25) is 0 Å². The first-order chi connectivity index (χ1) is 20.5. The van der Waals surface area contributed by atoms with Crippen LogP contribution in [-0.2, 0) is 4.79 Å². The van der Waals surface area contributed by atoms with Crippen molar-refractivity contribution in [3.05, 3.63) is 96.6 Å². The summed E-state index contributed by atoms with van der Waals surface area (Å²) in [7, 11) is 4.66. The van der Waals surface area contributed by atoms with Gasteiger partial charge in [-0.05, 0) is 46.7 Å². The van der Waals surface area contributed by atoms with Gasteiger partial charge >= 0.3 is 0 Å². The van der Waals surface area contributed by atoms with E-state index in [-0.39, 0.29) is 12.3 Å². The molecule has 0 unspecified atom stereocenters. The summed E-state index contributed by atoms with van der Waals surface area (Å²) in [5, 5.41) is 16.0. The molecule has 0 spiro atoms. The van der Waals surface area contributed by atoms with Gasteiger partial charge in [0.05, 0.1) is 32.6 Å². The van der Waals surface area contributed by atoms with Crippen LogP contribution < -0.4 is 19.5 Å². The molecule has 1 heterocycles. The maximum Gasteiger partial charge on any atom is 0.225 e. The minimum absolute atomic E-state index is 0.111. The number of fused-ring (bicyclic) bond motifs is 1. The molecule has 0 bridgehead atoms. The van der Waals surface area contributed by atoms with E-state index in [9.17, 15) is 10.1 Å². The van der Waals surface area contributed by atoms with Gasteiger partial charge in [-0.15, -0.1) is 11.8 Å². The van der Waals surface area contributed by atoms with Crippen molar-refractivity contribution in [2.24, 2.45) is 0 Å². The van der Waals surface area contributed by atoms with Crippen molar-refractivity contribution in [3.8, 4) is 45.7 Å². The Kier molecular flexibility index (Phi) is 8.90. The number of thioether (sulfide) groups is 1. The van der Waals surface area contributed by atoms with Gasteiger partial charge < -0.3 is 19.5 Å². The van der Waals surface area contributed by atoms with E-state index in [0.29, 0.717) is 44.8 Å². The van der Waals surface area contributed by atoms with Crippen LogP contribution in [0.4, 0.5) is 5.69 Å². The number of nitrogens with one attached hydrogen (secondary N) is 1. The maximum atomic E-state index is 12.8. The highest BCUT2D eigenvalue weighted by molar-refractivity contribution is 7.99. The lowest BCUT2D eigenvalue weighted by molar-refractivity contribution is -0.115. The Labute approximate surface area is 249 Å². The van der Waals surface area contributed by atoms with E-state index in [1.807, 2.05) is 91.0 Å². The van der Waals surface area contributed by atoms with E-state index >= 15 is 0 Å². The number of pyridine rings is 1. The number of anilines is 1. The Balaban J connectivity index is 1.45. The van der Waals surface area contributed by atoms with Crippen molar-refractivity contribution in [2.75, 3.05) is 32.4 Å². The minimum atomic E-state index is -0.111. The lowest BCUT2D eigenvalue weighted by atomic mass is 9.98. The minimum Gasteiger partial charge on any atom is -0.493 e. The van der Waals surface area contributed by atoms with Gasteiger partial charge in [-0.25, -0.2) is 4.98 Å². The zero-order valence-corrected chi connectivity index (χ0v) is 24.3. The lowest BCUT2D eigenvalue weighted by Crippen LogP contribution is -2.12. The van der Waals surface area contributed by atoms with E-state index in [4.69, 9.17) is 19.2 Å². The molecule has 5 aromatic rings. The molecule has 0 radical (unpaired) electrons. The molecule has 0 saturated heterocycles. The van der Waals surface area contributed by atoms with E-state index in [2.05, 4.69) is 11.4 Å². The number of nitrogens with zero attached hydrogens (tertiary/aromatic N) is 2. The predicted octanol–water partition coefficient (Wildman–Crippen LogP) is 7.59. The van der Waals surface area contributed by atoms with Crippen LogP contribution in [0.15, 0.2) is 96.0 Å². The summed E-state index contributed by atoms with van der Waals surface area (Å²) in [4.78, 5) is 17.7. The molecule has 0 saturated carbocycles. The summed E-state index contributed by atoms with van der Waals surface area (Å²) in [5.74, 6) is 1.75. The summed E-state index contributed by atoms with van der Waals surface area (Å²) in [5.41, 5.74) is 4.16. The molecular weight excluding hydrogens is 546 g/mol. The normalized spacial score (nSPS) is 10.6. The molecule has 42 heavy (non-hydrogen) atoms. The van der Waals surface area contributed by atoms with Gasteiger partial charge in [-0.2, -0.15) is 5.26 Å². The molecule has 0 atom stereocenters. The number of carbonyl (C=O) groups excluding carboxylic acids is 1. The summed E-state index contributed by atoms with van der Waals surface area (Å²) < 4.78 is 16.6. The number of benzene rings is 4. The number of hydrogen-bond acceptors (Lipinski definition) is 7. The van der Waals surface area contributed by atoms with E-state index in [0.717, 1.165) is 27.6 Å². The Morgan fingerprint density at radius 1 is 0.833 bits per heavy atom. The third-order valence-corrected chi connectivity index (χ3v) is 7.72. The molecule has 1 aromatic heterocycles. The van der Waals surface area contributed by atoms with Crippen molar-refractivity contribution < 1.29 is 19.0 Å². The van der Waals surface area contributed by atoms with Crippen LogP contribution in [0.3, 0.4) is 0 Å². The third kappa shape index (κ3) is 6.17. The van der Waals surface area contributed by atoms with E-state index < -0.39 is 0 Å². The molecule has 0 fully saturated rings. The monoisotopic (exact) mass is 575 g/mol. The van der Waals surface area contributed by atoms with Gasteiger partial charge in [-0.1, -0.05) is 60.7 Å². The zero-order chi connectivity index (χ0) is 29.5. The molecule has 1 amide bonds. The van der Waals surface area contributed by atoms with Crippen molar-refractivity contribution >= 4 is 34.1 Å². The molecule has 4 aromatic carbocycles. The molecule has 5 rings (SSSR count). The molecule has 0 aliphatic rings. The first kappa shape index (κ1) is 28.5. The number of amides is 1. The highest BCUT2D eigenvalue weighted by Crippen LogP contribution is 2.43. The van der Waals surface area contributed by atoms with Crippen LogP contribution in [0.25, 0.3) is 33.2 Å². The fourth-order valence-electron chi connectivity index (χ4n) is 4.69. The number of methoxy groups -OCH3 is 3. The zero-order valence-electron chi connectivity index (χ0n) is 23.5. The largest absolute Gasteiger partial charge is 0.493 e. The Morgan fingerprint density at radius 3 is 2.19 bits per heavy atom. The average molecular weight is 576 g/mol. The highest BCUT2D eigenvalue weighted by atomic mass is 32.2. The first-order valence-corrected chi connectivity index (χ1v) is 14.3. The Bertz CT molecular complexity index is 1760. The quantitative estimate of drug-likeness (QED) is 0.172. The van der Waals surface area contributed by atoms with Crippen molar-refractivity contribution in [1.82, 2.24) is 4.98 Å². The third-order valence-electron chi connectivity index (χ3n) is 6.74. The van der Waals surface area contributed by atoms with E-state index in [1.54, 1.807) is 21.3 Å². The van der Waals surface area contributed by atoms with Gasteiger partial charge in [-0.3, -0.25) is 4.79 Å². The Morgan fingerprint density at radius 2 is 1.52 bits per heavy atom. The number of ether oxygens (including phenoxy) is 3. The van der Waals surface area contributed by atoms with Crippen molar-refractivity contribution in [1.29, 1.82) is 5.26 Å². The van der Waals surface area contributed by atoms with Crippen molar-refractivity contribution in [3.63, 3.8) is 0 Å². The second-order valence-electron chi connectivity index (χ2n) is 9.34. The van der Waals surface area contributed by atoms with Gasteiger partial charge in [0.1, 0.15) is 11.1 Å². The van der Waals surface area contributed by atoms with Gasteiger partial charge in [0.15, 0.2) is 11.5 Å². The van der Waals surface area contributed by atoms with Crippen LogP contribution in [0, 0.1) is 11.3 Å². The summed E-state index contributed by atoms with van der Waals surface area (Å²) in [6.45, 7) is 0. The van der Waals surface area contributed by atoms with Gasteiger partial charge in [0.25, 0.3) is 0 Å². The smallest absolute Gasteiger partial charge is 0.225 e. The maximum absolute atomic E-state index is 12.8. The van der Waals surface area contributed by atoms with Crippen LogP contribution in [-0.4, -0.2) is 38.0 Å². The molecule has 210 valence electrons. The van der Waals surface area contributed by atoms with Gasteiger partial charge in [0.2, 0.25) is 11.7 Å². The standard InChI is InChI=1S/C34H29N3O4S/c1-39-30-18-25(19-31(40-2)33(30)41-3)27-20-29(23-10-5-4-6-11-23)37-34(28(27)21-35)42-16-15-32(38)36-26-14-13-22-9-7-8-12-24(22)17-26/h4-14,17-20H,15-16H2,1-3H3,(H,36,38). The number of hydrogen-bond donors (Lipinski definition) is 1. The second-order valence-corrected chi connectivity index (χ2v) is 10.4. The number of aromatic nitrogens is 1. The fourth-order valence-corrected chi connectivity index (χ4v) is 5.63. The number of carbonyl (C=O) groups is 1. The highest BCUT2D eigenvalue weighted by Gasteiger charge is 2.20. The molecule has 0 aliphatic heterocycles.